The predicted octanol–water partition coefficient (Wildman–Crippen LogP) is 6.31. The molecular weight excluding hydrogens is 422 g/mol. The van der Waals surface area contributed by atoms with E-state index in [4.69, 9.17) is 9.72 Å². The van der Waals surface area contributed by atoms with Gasteiger partial charge in [0.15, 0.2) is 0 Å². The molecule has 3 aromatic carbocycles. The number of benzene rings is 3. The van der Waals surface area contributed by atoms with Crippen molar-refractivity contribution in [3.63, 3.8) is 0 Å². The van der Waals surface area contributed by atoms with Crippen molar-refractivity contribution in [3.8, 4) is 5.75 Å². The largest absolute Gasteiger partial charge is 0.493 e. The van der Waals surface area contributed by atoms with E-state index < -0.39 is 0 Å². The van der Waals surface area contributed by atoms with Crippen molar-refractivity contribution in [2.45, 2.75) is 53.1 Å². The van der Waals surface area contributed by atoms with Crippen LogP contribution < -0.4 is 10.1 Å². The highest BCUT2D eigenvalue weighted by atomic mass is 16.5. The van der Waals surface area contributed by atoms with Crippen LogP contribution in [0.15, 0.2) is 66.7 Å². The number of unbranched alkanes of at least 4 members (excludes halogenated alkanes) is 1. The van der Waals surface area contributed by atoms with Crippen LogP contribution in [0.1, 0.15) is 58.7 Å². The molecule has 4 aromatic rings. The Morgan fingerprint density at radius 3 is 2.47 bits per heavy atom. The second-order valence-electron chi connectivity index (χ2n) is 9.00. The Kier molecular flexibility index (Phi) is 7.31. The minimum atomic E-state index is -0.215. The fraction of sp³-hybridized carbons (Fsp3) is 0.310. The Labute approximate surface area is 201 Å². The number of aryl methyl sites for hydroxylation is 4. The summed E-state index contributed by atoms with van der Waals surface area (Å²) in [6.45, 7) is 9.67. The van der Waals surface area contributed by atoms with Crippen molar-refractivity contribution in [1.29, 1.82) is 0 Å². The summed E-state index contributed by atoms with van der Waals surface area (Å²) in [6, 6.07) is 21.8. The zero-order valence-electron chi connectivity index (χ0n) is 20.5. The van der Waals surface area contributed by atoms with Gasteiger partial charge >= 0.3 is 0 Å². The molecule has 1 heterocycles. The number of imidazole rings is 1. The minimum absolute atomic E-state index is 0.0898. The molecule has 176 valence electrons. The molecule has 0 spiro atoms. The fourth-order valence-corrected chi connectivity index (χ4v) is 4.22. The van der Waals surface area contributed by atoms with E-state index >= 15 is 0 Å². The highest BCUT2D eigenvalue weighted by Crippen LogP contribution is 2.23. The number of hydrogen-bond acceptors (Lipinski definition) is 3. The van der Waals surface area contributed by atoms with Gasteiger partial charge in [-0.15, -0.1) is 0 Å². The minimum Gasteiger partial charge on any atom is -0.493 e. The smallest absolute Gasteiger partial charge is 0.251 e. The molecule has 0 radical (unpaired) electrons. The van der Waals surface area contributed by atoms with Crippen LogP contribution in [-0.4, -0.2) is 22.1 Å². The summed E-state index contributed by atoms with van der Waals surface area (Å²) in [4.78, 5) is 17.6. The molecule has 4 rings (SSSR count). The average molecular weight is 456 g/mol. The molecule has 5 nitrogen and oxygen atoms in total. The van der Waals surface area contributed by atoms with Gasteiger partial charge in [-0.1, -0.05) is 47.5 Å². The Morgan fingerprint density at radius 1 is 0.971 bits per heavy atom. The van der Waals surface area contributed by atoms with E-state index in [1.54, 1.807) is 0 Å². The van der Waals surface area contributed by atoms with Gasteiger partial charge in [0.2, 0.25) is 0 Å². The van der Waals surface area contributed by atoms with Crippen LogP contribution in [0, 0.1) is 20.8 Å². The van der Waals surface area contributed by atoms with E-state index in [0.29, 0.717) is 12.2 Å². The standard InChI is InChI=1S/C29H33N3O2/c1-20-11-14-24(15-12-20)29(33)30-23(4)28-31-25-9-5-6-10-26(25)32(28)17-7-8-18-34-27-16-13-21(2)19-22(27)3/h5-6,9-16,19,23H,7-8,17-18H2,1-4H3,(H,30,33). The average Bonchev–Trinajstić information content (AvgIpc) is 3.19. The summed E-state index contributed by atoms with van der Waals surface area (Å²) in [6.07, 6.45) is 1.89. The van der Waals surface area contributed by atoms with E-state index in [-0.39, 0.29) is 11.9 Å². The van der Waals surface area contributed by atoms with Gasteiger partial charge in [0.05, 0.1) is 23.7 Å². The van der Waals surface area contributed by atoms with Gasteiger partial charge in [-0.2, -0.15) is 0 Å². The number of ether oxygens (including phenoxy) is 1. The van der Waals surface area contributed by atoms with E-state index in [9.17, 15) is 4.79 Å². The quantitative estimate of drug-likeness (QED) is 0.301. The molecule has 0 bridgehead atoms. The van der Waals surface area contributed by atoms with Gasteiger partial charge in [0, 0.05) is 12.1 Å². The lowest BCUT2D eigenvalue weighted by atomic mass is 10.1. The lowest BCUT2D eigenvalue weighted by Crippen LogP contribution is -2.28. The highest BCUT2D eigenvalue weighted by Gasteiger charge is 2.19. The number of nitrogens with zero attached hydrogens (tertiary/aromatic N) is 2. The number of nitrogens with one attached hydrogen (secondary N) is 1. The summed E-state index contributed by atoms with van der Waals surface area (Å²) in [7, 11) is 0. The van der Waals surface area contributed by atoms with Crippen LogP contribution in [0.25, 0.3) is 11.0 Å². The van der Waals surface area contributed by atoms with Gasteiger partial charge in [0.25, 0.3) is 5.91 Å². The van der Waals surface area contributed by atoms with E-state index in [1.807, 2.05) is 62.4 Å². The molecule has 1 atom stereocenters. The number of hydrogen-bond donors (Lipinski definition) is 1. The summed E-state index contributed by atoms with van der Waals surface area (Å²) in [5.74, 6) is 1.73. The Hall–Kier alpha value is -3.60. The van der Waals surface area contributed by atoms with Crippen molar-refractivity contribution in [3.05, 3.63) is 94.8 Å². The van der Waals surface area contributed by atoms with Gasteiger partial charge in [-0.25, -0.2) is 4.98 Å². The third kappa shape index (κ3) is 5.48. The molecule has 1 amide bonds. The summed E-state index contributed by atoms with van der Waals surface area (Å²) in [5.41, 5.74) is 6.23. The first-order chi connectivity index (χ1) is 16.4. The second kappa shape index (κ2) is 10.6. The molecule has 0 aliphatic rings. The number of fused-ring (bicyclic) bond motifs is 1. The summed E-state index contributed by atoms with van der Waals surface area (Å²) in [5, 5.41) is 3.12. The number of carbonyl (C=O) groups is 1. The van der Waals surface area contributed by atoms with E-state index in [2.05, 4.69) is 41.9 Å². The molecule has 1 aromatic heterocycles. The van der Waals surface area contributed by atoms with Crippen LogP contribution in [0.4, 0.5) is 0 Å². The zero-order chi connectivity index (χ0) is 24.1. The predicted molar refractivity (Wildman–Crippen MR) is 137 cm³/mol. The van der Waals surface area contributed by atoms with Crippen molar-refractivity contribution in [1.82, 2.24) is 14.9 Å². The maximum atomic E-state index is 12.8. The summed E-state index contributed by atoms with van der Waals surface area (Å²) >= 11 is 0. The number of rotatable bonds is 9. The second-order valence-corrected chi connectivity index (χ2v) is 9.00. The first-order valence-corrected chi connectivity index (χ1v) is 11.9. The van der Waals surface area contributed by atoms with Crippen molar-refractivity contribution >= 4 is 16.9 Å². The molecule has 5 heteroatoms. The number of para-hydroxylation sites is 2. The third-order valence-electron chi connectivity index (χ3n) is 6.10. The molecular formula is C29H33N3O2. The first-order valence-electron chi connectivity index (χ1n) is 11.9. The molecule has 34 heavy (non-hydrogen) atoms. The first kappa shape index (κ1) is 23.6. The van der Waals surface area contributed by atoms with Gasteiger partial charge < -0.3 is 14.6 Å². The highest BCUT2D eigenvalue weighted by molar-refractivity contribution is 5.94. The Bertz CT molecular complexity index is 1270. The van der Waals surface area contributed by atoms with Crippen molar-refractivity contribution < 1.29 is 9.53 Å². The van der Waals surface area contributed by atoms with E-state index in [1.165, 1.54) is 11.1 Å². The third-order valence-corrected chi connectivity index (χ3v) is 6.10. The lowest BCUT2D eigenvalue weighted by molar-refractivity contribution is 0.0937. The normalized spacial score (nSPS) is 12.0. The van der Waals surface area contributed by atoms with Crippen molar-refractivity contribution in [2.24, 2.45) is 0 Å². The molecule has 1 unspecified atom stereocenters. The topological polar surface area (TPSA) is 56.2 Å². The van der Waals surface area contributed by atoms with E-state index in [0.717, 1.165) is 47.6 Å². The number of amides is 1. The SMILES string of the molecule is Cc1ccc(C(=O)NC(C)c2nc3ccccc3n2CCCCOc2ccc(C)cc2C)cc1. The van der Waals surface area contributed by atoms with Crippen molar-refractivity contribution in [2.75, 3.05) is 6.61 Å². The number of aromatic nitrogens is 2. The molecule has 0 saturated carbocycles. The molecule has 0 fully saturated rings. The van der Waals surface area contributed by atoms with Crippen LogP contribution in [0.3, 0.4) is 0 Å². The Balaban J connectivity index is 1.42. The lowest BCUT2D eigenvalue weighted by Gasteiger charge is -2.17. The molecule has 0 aliphatic heterocycles. The zero-order valence-corrected chi connectivity index (χ0v) is 20.5. The van der Waals surface area contributed by atoms with Crippen LogP contribution >= 0.6 is 0 Å². The van der Waals surface area contributed by atoms with Gasteiger partial charge in [-0.3, -0.25) is 4.79 Å². The maximum absolute atomic E-state index is 12.8. The van der Waals surface area contributed by atoms with Crippen LogP contribution in [0.5, 0.6) is 5.75 Å². The monoisotopic (exact) mass is 455 g/mol. The number of carbonyl (C=O) groups excluding carboxylic acids is 1. The molecule has 1 N–H and O–H groups in total. The molecule has 0 saturated heterocycles. The maximum Gasteiger partial charge on any atom is 0.251 e. The van der Waals surface area contributed by atoms with Crippen LogP contribution in [-0.2, 0) is 6.54 Å². The van der Waals surface area contributed by atoms with Crippen LogP contribution in [0.2, 0.25) is 0 Å². The fourth-order valence-electron chi connectivity index (χ4n) is 4.22. The van der Waals surface area contributed by atoms with Gasteiger partial charge in [0.1, 0.15) is 11.6 Å². The Morgan fingerprint density at radius 2 is 1.71 bits per heavy atom. The summed E-state index contributed by atoms with van der Waals surface area (Å²) < 4.78 is 8.23. The van der Waals surface area contributed by atoms with Gasteiger partial charge in [-0.05, 0) is 76.4 Å². The molecule has 0 aliphatic carbocycles.